The van der Waals surface area contributed by atoms with Gasteiger partial charge >= 0.3 is 6.09 Å². The van der Waals surface area contributed by atoms with Crippen LogP contribution >= 0.6 is 22.9 Å². The molecule has 2 atom stereocenters. The third-order valence-corrected chi connectivity index (χ3v) is 7.62. The Kier molecular flexibility index (Phi) is 6.64. The molecule has 7 heteroatoms. The molecule has 0 spiro atoms. The molecular weight excluding hydrogens is 396 g/mol. The van der Waals surface area contributed by atoms with Gasteiger partial charge in [-0.2, -0.15) is 0 Å². The largest absolute Gasteiger partial charge is 0.465 e. The van der Waals surface area contributed by atoms with Gasteiger partial charge in [0.05, 0.1) is 16.0 Å². The normalized spacial score (nSPS) is 24.9. The number of nitrogens with zero attached hydrogens (tertiary/aromatic N) is 2. The molecule has 5 nitrogen and oxygen atoms in total. The highest BCUT2D eigenvalue weighted by atomic mass is 35.5. The van der Waals surface area contributed by atoms with Crippen LogP contribution in [0.15, 0.2) is 11.4 Å². The molecule has 2 heterocycles. The van der Waals surface area contributed by atoms with E-state index in [2.05, 4.69) is 31.1 Å². The van der Waals surface area contributed by atoms with Crippen molar-refractivity contribution in [2.24, 2.45) is 5.41 Å². The average Bonchev–Trinajstić information content (AvgIpc) is 3.05. The van der Waals surface area contributed by atoms with Gasteiger partial charge in [-0.05, 0) is 35.3 Å². The van der Waals surface area contributed by atoms with Crippen molar-refractivity contribution >= 4 is 29.0 Å². The molecule has 1 saturated heterocycles. The minimum atomic E-state index is -0.841. The second-order valence-electron chi connectivity index (χ2n) is 9.52. The number of thiophene rings is 1. The summed E-state index contributed by atoms with van der Waals surface area (Å²) in [6, 6.07) is 1.93. The number of hydrogen-bond acceptors (Lipinski definition) is 4. The predicted octanol–water partition coefficient (Wildman–Crippen LogP) is 4.89. The van der Waals surface area contributed by atoms with Crippen molar-refractivity contribution in [2.45, 2.75) is 70.4 Å². The highest BCUT2D eigenvalue weighted by molar-refractivity contribution is 7.14. The minimum absolute atomic E-state index is 0.00791. The van der Waals surface area contributed by atoms with Gasteiger partial charge in [-0.15, -0.1) is 11.3 Å². The number of carbonyl (C=O) groups is 1. The van der Waals surface area contributed by atoms with Gasteiger partial charge in [0.25, 0.3) is 0 Å². The number of carboxylic acid groups (broad SMARTS) is 1. The van der Waals surface area contributed by atoms with Crippen molar-refractivity contribution in [3.63, 3.8) is 0 Å². The lowest BCUT2D eigenvalue weighted by molar-refractivity contribution is -0.0419. The SMILES string of the molecule is CC(C)(C)C1CN(CC(c2csc(Cl)c2)C2(O)CCCCC2)CCN1C(=O)O. The number of halogens is 1. The summed E-state index contributed by atoms with van der Waals surface area (Å²) < 4.78 is 0.752. The van der Waals surface area contributed by atoms with Gasteiger partial charge in [-0.3, -0.25) is 4.90 Å². The van der Waals surface area contributed by atoms with Gasteiger partial charge in [0.2, 0.25) is 0 Å². The van der Waals surface area contributed by atoms with E-state index in [-0.39, 0.29) is 17.4 Å². The van der Waals surface area contributed by atoms with Crippen molar-refractivity contribution in [1.29, 1.82) is 0 Å². The molecule has 0 aromatic carbocycles. The van der Waals surface area contributed by atoms with E-state index < -0.39 is 11.7 Å². The second kappa shape index (κ2) is 8.50. The Morgan fingerprint density at radius 2 is 2.00 bits per heavy atom. The number of piperazine rings is 1. The zero-order chi connectivity index (χ0) is 20.5. The van der Waals surface area contributed by atoms with Crippen molar-refractivity contribution in [1.82, 2.24) is 9.80 Å². The molecular formula is C21H33ClN2O3S. The number of rotatable bonds is 4. The Balaban J connectivity index is 1.81. The molecule has 1 aliphatic carbocycles. The lowest BCUT2D eigenvalue weighted by Gasteiger charge is -2.48. The maximum Gasteiger partial charge on any atom is 0.407 e. The summed E-state index contributed by atoms with van der Waals surface area (Å²) in [5.74, 6) is 0.00791. The third kappa shape index (κ3) is 4.84. The van der Waals surface area contributed by atoms with Crippen LogP contribution in [0.4, 0.5) is 4.79 Å². The van der Waals surface area contributed by atoms with E-state index in [1.165, 1.54) is 17.8 Å². The molecule has 2 unspecified atom stereocenters. The Labute approximate surface area is 177 Å². The molecule has 0 radical (unpaired) electrons. The quantitative estimate of drug-likeness (QED) is 0.716. The molecule has 28 heavy (non-hydrogen) atoms. The molecule has 1 aromatic heterocycles. The van der Waals surface area contributed by atoms with E-state index in [1.54, 1.807) is 4.90 Å². The Hall–Kier alpha value is -0.820. The van der Waals surface area contributed by atoms with Gasteiger partial charge in [-0.1, -0.05) is 51.6 Å². The van der Waals surface area contributed by atoms with Crippen LogP contribution in [0.2, 0.25) is 4.34 Å². The molecule has 0 bridgehead atoms. The maximum atomic E-state index is 11.7. The summed E-state index contributed by atoms with van der Waals surface area (Å²) >= 11 is 7.74. The zero-order valence-corrected chi connectivity index (χ0v) is 18.7. The van der Waals surface area contributed by atoms with Crippen LogP contribution in [0.3, 0.4) is 0 Å². The van der Waals surface area contributed by atoms with Crippen LogP contribution < -0.4 is 0 Å². The van der Waals surface area contributed by atoms with Crippen LogP contribution in [0.25, 0.3) is 0 Å². The van der Waals surface area contributed by atoms with E-state index in [1.807, 2.05) is 6.07 Å². The molecule has 158 valence electrons. The predicted molar refractivity (Wildman–Crippen MR) is 115 cm³/mol. The van der Waals surface area contributed by atoms with Crippen molar-refractivity contribution in [3.8, 4) is 0 Å². The van der Waals surface area contributed by atoms with E-state index in [0.29, 0.717) is 19.6 Å². The number of amides is 1. The Morgan fingerprint density at radius 3 is 2.54 bits per heavy atom. The highest BCUT2D eigenvalue weighted by Gasteiger charge is 2.43. The fourth-order valence-corrected chi connectivity index (χ4v) is 5.78. The fraction of sp³-hybridized carbons (Fsp3) is 0.762. The summed E-state index contributed by atoms with van der Waals surface area (Å²) in [5, 5.41) is 23.2. The smallest absolute Gasteiger partial charge is 0.407 e. The number of hydrogen-bond donors (Lipinski definition) is 2. The van der Waals surface area contributed by atoms with E-state index in [4.69, 9.17) is 11.6 Å². The second-order valence-corrected chi connectivity index (χ2v) is 11.1. The first-order valence-electron chi connectivity index (χ1n) is 10.3. The van der Waals surface area contributed by atoms with Gasteiger partial charge in [0, 0.05) is 32.1 Å². The van der Waals surface area contributed by atoms with E-state index in [9.17, 15) is 15.0 Å². The lowest BCUT2D eigenvalue weighted by Crippen LogP contribution is -2.60. The molecule has 1 aliphatic heterocycles. The topological polar surface area (TPSA) is 64.0 Å². The maximum absolute atomic E-state index is 11.7. The van der Waals surface area contributed by atoms with Crippen LogP contribution in [-0.4, -0.2) is 63.9 Å². The summed E-state index contributed by atoms with van der Waals surface area (Å²) in [5.41, 5.74) is 0.274. The van der Waals surface area contributed by atoms with Crippen LogP contribution in [0.5, 0.6) is 0 Å². The average molecular weight is 429 g/mol. The molecule has 2 fully saturated rings. The van der Waals surface area contributed by atoms with Gasteiger partial charge in [-0.25, -0.2) is 4.79 Å². The first-order chi connectivity index (χ1) is 13.1. The molecule has 1 aromatic rings. The molecule has 1 amide bonds. The van der Waals surface area contributed by atoms with Gasteiger partial charge in [0.1, 0.15) is 0 Å². The van der Waals surface area contributed by atoms with Crippen LogP contribution in [0, 0.1) is 5.41 Å². The molecule has 1 saturated carbocycles. The molecule has 2 aliphatic rings. The minimum Gasteiger partial charge on any atom is -0.465 e. The fourth-order valence-electron chi connectivity index (χ4n) is 4.84. The third-order valence-electron chi connectivity index (χ3n) is 6.51. The van der Waals surface area contributed by atoms with Crippen molar-refractivity contribution in [3.05, 3.63) is 21.3 Å². The van der Waals surface area contributed by atoms with Crippen molar-refractivity contribution in [2.75, 3.05) is 26.2 Å². The summed E-state index contributed by atoms with van der Waals surface area (Å²) in [6.07, 6.45) is 4.10. The summed E-state index contributed by atoms with van der Waals surface area (Å²) in [4.78, 5) is 15.6. The van der Waals surface area contributed by atoms with Crippen LogP contribution in [0.1, 0.15) is 64.4 Å². The van der Waals surface area contributed by atoms with Crippen molar-refractivity contribution < 1.29 is 15.0 Å². The first kappa shape index (κ1) is 21.9. The number of aliphatic hydroxyl groups is 1. The van der Waals surface area contributed by atoms with Gasteiger partial charge in [0.15, 0.2) is 0 Å². The van der Waals surface area contributed by atoms with Gasteiger partial charge < -0.3 is 15.1 Å². The zero-order valence-electron chi connectivity index (χ0n) is 17.2. The monoisotopic (exact) mass is 428 g/mol. The van der Waals surface area contributed by atoms with E-state index >= 15 is 0 Å². The summed E-state index contributed by atoms with van der Waals surface area (Å²) in [6.45, 7) is 8.94. The van der Waals surface area contributed by atoms with Crippen LogP contribution in [-0.2, 0) is 0 Å². The molecule has 3 rings (SSSR count). The Bertz CT molecular complexity index is 681. The highest BCUT2D eigenvalue weighted by Crippen LogP contribution is 2.42. The Morgan fingerprint density at radius 1 is 1.32 bits per heavy atom. The molecule has 2 N–H and O–H groups in total. The van der Waals surface area contributed by atoms with E-state index in [0.717, 1.165) is 42.1 Å². The summed E-state index contributed by atoms with van der Waals surface area (Å²) in [7, 11) is 0. The lowest BCUT2D eigenvalue weighted by atomic mass is 9.73. The first-order valence-corrected chi connectivity index (χ1v) is 11.5. The standard InChI is InChI=1S/C21H33ClN2O3S/c1-20(2,3)17-13-23(9-10-24(17)19(25)26)12-16(15-11-18(22)28-14-15)21(27)7-5-4-6-8-21/h11,14,16-17,27H,4-10,12-13H2,1-3H3,(H,25,26).